The Labute approximate surface area is 193 Å². The Morgan fingerprint density at radius 3 is 2.45 bits per heavy atom. The summed E-state index contributed by atoms with van der Waals surface area (Å²) < 4.78 is 30.2. The molecule has 1 amide bonds. The van der Waals surface area contributed by atoms with E-state index in [2.05, 4.69) is 15.3 Å². The molecule has 0 saturated heterocycles. The predicted octanol–water partition coefficient (Wildman–Crippen LogP) is 3.70. The quantitative estimate of drug-likeness (QED) is 0.400. The molecule has 0 fully saturated rings. The first-order valence-electron chi connectivity index (χ1n) is 10.0. The molecule has 1 aliphatic heterocycles. The van der Waals surface area contributed by atoms with E-state index in [9.17, 15) is 14.0 Å². The second kappa shape index (κ2) is 9.53. The Morgan fingerprint density at radius 1 is 1.06 bits per heavy atom. The Balaban J connectivity index is 1.73. The van der Waals surface area contributed by atoms with Gasteiger partial charge in [-0.25, -0.2) is 9.37 Å². The molecule has 1 aliphatic rings. The number of benzene rings is 2. The van der Waals surface area contributed by atoms with Crippen LogP contribution in [0.25, 0.3) is 0 Å². The predicted molar refractivity (Wildman–Crippen MR) is 122 cm³/mol. The van der Waals surface area contributed by atoms with E-state index in [0.29, 0.717) is 33.9 Å². The Morgan fingerprint density at radius 2 is 1.76 bits per heavy atom. The zero-order valence-electron chi connectivity index (χ0n) is 18.2. The van der Waals surface area contributed by atoms with E-state index in [1.807, 2.05) is 0 Å². The first-order valence-corrected chi connectivity index (χ1v) is 11.0. The number of amides is 1. The summed E-state index contributed by atoms with van der Waals surface area (Å²) in [5, 5.41) is 2.96. The van der Waals surface area contributed by atoms with Crippen LogP contribution < -0.4 is 25.1 Å². The molecule has 10 heteroatoms. The number of methoxy groups -OCH3 is 3. The Hall–Kier alpha value is -3.53. The summed E-state index contributed by atoms with van der Waals surface area (Å²) in [6.07, 6.45) is 0.0331. The molecular weight excluding hydrogens is 449 g/mol. The molecular formula is C23H22FN3O5S. The summed E-state index contributed by atoms with van der Waals surface area (Å²) >= 11 is 1.17. The van der Waals surface area contributed by atoms with Crippen LogP contribution in [0.1, 0.15) is 29.0 Å². The van der Waals surface area contributed by atoms with Crippen LogP contribution in [0.4, 0.5) is 10.2 Å². The number of thioether (sulfide) groups is 1. The fraction of sp³-hybridized carbons (Fsp3) is 0.261. The van der Waals surface area contributed by atoms with Gasteiger partial charge in [-0.05, 0) is 17.7 Å². The molecule has 0 bridgehead atoms. The lowest BCUT2D eigenvalue weighted by Gasteiger charge is -2.26. The minimum absolute atomic E-state index is 0.0331. The smallest absolute Gasteiger partial charge is 0.257 e. The van der Waals surface area contributed by atoms with Gasteiger partial charge in [-0.15, -0.1) is 0 Å². The highest BCUT2D eigenvalue weighted by Gasteiger charge is 2.33. The number of ether oxygens (including phenoxy) is 3. The zero-order valence-corrected chi connectivity index (χ0v) is 19.0. The fourth-order valence-electron chi connectivity index (χ4n) is 3.77. The summed E-state index contributed by atoms with van der Waals surface area (Å²) in [5.41, 5.74) is 1.01. The van der Waals surface area contributed by atoms with Crippen LogP contribution >= 0.6 is 11.8 Å². The molecule has 4 rings (SSSR count). The average Bonchev–Trinajstić information content (AvgIpc) is 2.81. The van der Waals surface area contributed by atoms with E-state index in [4.69, 9.17) is 14.2 Å². The molecule has 0 aliphatic carbocycles. The average molecular weight is 472 g/mol. The van der Waals surface area contributed by atoms with Gasteiger partial charge in [-0.3, -0.25) is 9.59 Å². The summed E-state index contributed by atoms with van der Waals surface area (Å²) in [6, 6.07) is 9.75. The van der Waals surface area contributed by atoms with Gasteiger partial charge >= 0.3 is 0 Å². The number of rotatable bonds is 7. The van der Waals surface area contributed by atoms with Gasteiger partial charge in [0.15, 0.2) is 16.7 Å². The number of carbonyl (C=O) groups excluding carboxylic acids is 1. The first-order chi connectivity index (χ1) is 15.9. The van der Waals surface area contributed by atoms with Crippen molar-refractivity contribution in [3.8, 4) is 17.2 Å². The number of hydrogen-bond acceptors (Lipinski definition) is 7. The number of nitrogens with zero attached hydrogens (tertiary/aromatic N) is 1. The zero-order chi connectivity index (χ0) is 23.5. The van der Waals surface area contributed by atoms with Gasteiger partial charge < -0.3 is 24.5 Å². The maximum absolute atomic E-state index is 13.9. The molecule has 2 heterocycles. The van der Waals surface area contributed by atoms with E-state index >= 15 is 0 Å². The lowest BCUT2D eigenvalue weighted by Crippen LogP contribution is -2.31. The molecule has 0 unspecified atom stereocenters. The largest absolute Gasteiger partial charge is 0.496 e. The van der Waals surface area contributed by atoms with Gasteiger partial charge in [-0.2, -0.15) is 0 Å². The number of fused-ring (bicyclic) bond motifs is 1. The number of hydrogen-bond donors (Lipinski definition) is 2. The second-order valence-electron chi connectivity index (χ2n) is 7.27. The molecule has 172 valence electrons. The monoisotopic (exact) mass is 471 g/mol. The van der Waals surface area contributed by atoms with Gasteiger partial charge in [0.2, 0.25) is 5.91 Å². The fourth-order valence-corrected chi connectivity index (χ4v) is 4.62. The number of halogens is 1. The van der Waals surface area contributed by atoms with Gasteiger partial charge in [0.1, 0.15) is 17.4 Å². The van der Waals surface area contributed by atoms with Crippen molar-refractivity contribution >= 4 is 23.5 Å². The number of H-pyrrole nitrogens is 1. The SMILES string of the molecule is COc1cc(OC)c([C@@H]2CC(=O)Nc3nc(SCc4ccccc4F)[nH]c(=O)c32)cc1OC. The summed E-state index contributed by atoms with van der Waals surface area (Å²) in [6.45, 7) is 0. The van der Waals surface area contributed by atoms with E-state index < -0.39 is 11.5 Å². The third kappa shape index (κ3) is 4.51. The Kier molecular flexibility index (Phi) is 6.55. The summed E-state index contributed by atoms with van der Waals surface area (Å²) in [4.78, 5) is 32.8. The van der Waals surface area contributed by atoms with Gasteiger partial charge in [0.25, 0.3) is 5.56 Å². The lowest BCUT2D eigenvalue weighted by molar-refractivity contribution is -0.116. The highest BCUT2D eigenvalue weighted by atomic mass is 32.2. The van der Waals surface area contributed by atoms with Gasteiger partial charge in [-0.1, -0.05) is 30.0 Å². The summed E-state index contributed by atoms with van der Waals surface area (Å²) in [7, 11) is 4.51. The number of anilines is 1. The van der Waals surface area contributed by atoms with Crippen molar-refractivity contribution in [2.45, 2.75) is 23.2 Å². The number of aromatic amines is 1. The van der Waals surface area contributed by atoms with Crippen molar-refractivity contribution in [1.82, 2.24) is 9.97 Å². The third-order valence-corrected chi connectivity index (χ3v) is 6.29. The van der Waals surface area contributed by atoms with Gasteiger partial charge in [0.05, 0.1) is 26.9 Å². The van der Waals surface area contributed by atoms with Crippen molar-refractivity contribution in [1.29, 1.82) is 0 Å². The van der Waals surface area contributed by atoms with Crippen LogP contribution in [0.2, 0.25) is 0 Å². The highest BCUT2D eigenvalue weighted by Crippen LogP contribution is 2.43. The molecule has 2 aromatic carbocycles. The topological polar surface area (TPSA) is 103 Å². The molecule has 2 N–H and O–H groups in total. The standard InChI is InChI=1S/C23H22FN3O5S/c1-30-16-10-18(32-3)17(31-2)8-13(16)14-9-19(28)25-21-20(14)22(29)27-23(26-21)33-11-12-6-4-5-7-15(12)24/h4-8,10,14H,9,11H2,1-3H3,(H2,25,26,27,28,29)/t14-/m0/s1. The van der Waals surface area contributed by atoms with Crippen LogP contribution in [0.15, 0.2) is 46.3 Å². The van der Waals surface area contributed by atoms with Crippen molar-refractivity contribution in [3.05, 3.63) is 69.3 Å². The van der Waals surface area contributed by atoms with Crippen molar-refractivity contribution in [3.63, 3.8) is 0 Å². The molecule has 1 atom stereocenters. The van der Waals surface area contributed by atoms with Crippen LogP contribution in [-0.4, -0.2) is 37.2 Å². The molecule has 8 nitrogen and oxygen atoms in total. The van der Waals surface area contributed by atoms with Crippen LogP contribution in [0.3, 0.4) is 0 Å². The van der Waals surface area contributed by atoms with E-state index in [-0.39, 0.29) is 34.9 Å². The van der Waals surface area contributed by atoms with Crippen molar-refractivity contribution in [2.75, 3.05) is 26.6 Å². The number of aromatic nitrogens is 2. The molecule has 0 spiro atoms. The molecule has 3 aromatic rings. The van der Waals surface area contributed by atoms with E-state index in [1.54, 1.807) is 30.3 Å². The summed E-state index contributed by atoms with van der Waals surface area (Å²) in [5.74, 6) is 0.586. The highest BCUT2D eigenvalue weighted by molar-refractivity contribution is 7.98. The first kappa shape index (κ1) is 22.7. The van der Waals surface area contributed by atoms with Crippen LogP contribution in [-0.2, 0) is 10.5 Å². The normalized spacial score (nSPS) is 14.9. The van der Waals surface area contributed by atoms with Crippen molar-refractivity contribution < 1.29 is 23.4 Å². The third-order valence-electron chi connectivity index (χ3n) is 5.36. The maximum Gasteiger partial charge on any atom is 0.257 e. The van der Waals surface area contributed by atoms with Crippen molar-refractivity contribution in [2.24, 2.45) is 0 Å². The second-order valence-corrected chi connectivity index (χ2v) is 8.23. The van der Waals surface area contributed by atoms with Crippen LogP contribution in [0, 0.1) is 5.82 Å². The van der Waals surface area contributed by atoms with E-state index in [0.717, 1.165) is 0 Å². The van der Waals surface area contributed by atoms with Crippen LogP contribution in [0.5, 0.6) is 17.2 Å². The maximum atomic E-state index is 13.9. The molecule has 0 radical (unpaired) electrons. The minimum atomic E-state index is -0.606. The molecule has 33 heavy (non-hydrogen) atoms. The molecule has 0 saturated carbocycles. The lowest BCUT2D eigenvalue weighted by atomic mass is 9.86. The number of nitrogens with one attached hydrogen (secondary N) is 2. The van der Waals surface area contributed by atoms with E-state index in [1.165, 1.54) is 39.2 Å². The minimum Gasteiger partial charge on any atom is -0.496 e. The number of carbonyl (C=O) groups is 1. The molecule has 1 aromatic heterocycles. The Bertz CT molecular complexity index is 1260. The van der Waals surface area contributed by atoms with Gasteiger partial charge in [0, 0.05) is 29.7 Å².